The maximum atomic E-state index is 8.64. The maximum absolute atomic E-state index is 8.64. The molecule has 0 saturated heterocycles. The van der Waals surface area contributed by atoms with E-state index in [1.807, 2.05) is 0 Å². The van der Waals surface area contributed by atoms with Crippen LogP contribution < -0.4 is 23.9 Å². The van der Waals surface area contributed by atoms with E-state index in [0.717, 1.165) is 0 Å². The first-order valence-corrected chi connectivity index (χ1v) is 16.0. The summed E-state index contributed by atoms with van der Waals surface area (Å²) in [6.45, 7) is 0. The van der Waals surface area contributed by atoms with Crippen molar-refractivity contribution in [3.63, 3.8) is 0 Å². The second-order valence-corrected chi connectivity index (χ2v) is 11.0. The third-order valence-electron chi connectivity index (χ3n) is 5.71. The molecule has 0 aliphatic heterocycles. The summed E-state index contributed by atoms with van der Waals surface area (Å²) < 4.78 is 40.9. The van der Waals surface area contributed by atoms with Gasteiger partial charge in [0.25, 0.3) is 0 Å². The topological polar surface area (TPSA) is 97.9 Å². The van der Waals surface area contributed by atoms with Crippen LogP contribution in [0.25, 0.3) is 32.7 Å². The number of fused-ring (bicyclic) bond motifs is 3. The van der Waals surface area contributed by atoms with Gasteiger partial charge in [0.1, 0.15) is 21.1 Å². The van der Waals surface area contributed by atoms with Gasteiger partial charge in [-0.1, -0.05) is 36.4 Å². The minimum absolute atomic E-state index is 1.27. The summed E-state index contributed by atoms with van der Waals surface area (Å²) in [6, 6.07) is 37.6. The fraction of sp³-hybridized carbons (Fsp3) is 0.100. The molecular formula is C30H30N3O4Sb. The Kier molecular flexibility index (Phi) is 10.5. The van der Waals surface area contributed by atoms with Crippen molar-refractivity contribution in [2.45, 2.75) is 0 Å². The predicted molar refractivity (Wildman–Crippen MR) is 142 cm³/mol. The van der Waals surface area contributed by atoms with Crippen molar-refractivity contribution in [1.82, 2.24) is 0 Å². The number of nitrogens with zero attached hydrogens (tertiary/aromatic N) is 3. The molecule has 8 heteroatoms. The van der Waals surface area contributed by atoms with E-state index in [1.165, 1.54) is 32.7 Å². The Morgan fingerprint density at radius 1 is 0.447 bits per heavy atom. The first-order chi connectivity index (χ1) is 18.1. The second kappa shape index (κ2) is 13.8. The van der Waals surface area contributed by atoms with Crippen molar-refractivity contribution in [2.75, 3.05) is 0 Å². The number of aryl methyl sites for hydroxylation is 3. The van der Waals surface area contributed by atoms with E-state index in [0.29, 0.717) is 0 Å². The summed E-state index contributed by atoms with van der Waals surface area (Å²) in [5.74, 6) is 0. The Morgan fingerprint density at radius 3 is 0.895 bits per heavy atom. The average molecular weight is 618 g/mol. The molecule has 0 atom stereocenters. The minimum atomic E-state index is -6.10. The van der Waals surface area contributed by atoms with Crippen LogP contribution >= 0.6 is 0 Å². The summed E-state index contributed by atoms with van der Waals surface area (Å²) in [4.78, 5) is 0. The predicted octanol–water partition coefficient (Wildman–Crippen LogP) is 0.926. The molecule has 0 unspecified atom stereocenters. The van der Waals surface area contributed by atoms with Crippen LogP contribution in [0.15, 0.2) is 128 Å². The fourth-order valence-electron chi connectivity index (χ4n) is 3.92. The Morgan fingerprint density at radius 2 is 0.658 bits per heavy atom. The molecule has 0 radical (unpaired) electrons. The molecule has 0 saturated carbocycles. The molecule has 0 aliphatic carbocycles. The second-order valence-electron chi connectivity index (χ2n) is 8.48. The summed E-state index contributed by atoms with van der Waals surface area (Å²) in [7, 11) is 6.17. The van der Waals surface area contributed by atoms with Gasteiger partial charge in [-0.15, -0.1) is 0 Å². The SMILES string of the molecule is C[n+]1cccc2ccccc21.C[n+]1cccc2ccccc21.C[n+]1cccc2ccccc21.[O]=[Sb]([O-])([O-])[O-]. The standard InChI is InChI=1S/3C10H10N.4O.Sb/c3*1-11-8-4-6-9-5-2-3-7-10(9)11;;;;;/h3*2-8H,1H3;;;;;/q3*+1;;3*-1;. The van der Waals surface area contributed by atoms with Gasteiger partial charge in [-0.05, 0) is 36.4 Å². The monoisotopic (exact) mass is 617 g/mol. The van der Waals surface area contributed by atoms with E-state index in [4.69, 9.17) is 13.2 Å². The van der Waals surface area contributed by atoms with Gasteiger partial charge in [-0.2, -0.15) is 0 Å². The number of pyridine rings is 3. The normalized spacial score (nSPS) is 10.5. The summed E-state index contributed by atoms with van der Waals surface area (Å²) >= 11 is -6.10. The zero-order valence-corrected chi connectivity index (χ0v) is 24.1. The van der Waals surface area contributed by atoms with Crippen molar-refractivity contribution in [1.29, 1.82) is 0 Å². The van der Waals surface area contributed by atoms with Crippen LogP contribution in [0.1, 0.15) is 0 Å². The van der Waals surface area contributed by atoms with E-state index in [-0.39, 0.29) is 0 Å². The molecule has 0 fully saturated rings. The van der Waals surface area contributed by atoms with E-state index in [2.05, 4.69) is 163 Å². The van der Waals surface area contributed by atoms with Crippen LogP contribution in [0.4, 0.5) is 0 Å². The van der Waals surface area contributed by atoms with Crippen LogP contribution in [0.3, 0.4) is 0 Å². The van der Waals surface area contributed by atoms with Crippen molar-refractivity contribution in [3.05, 3.63) is 128 Å². The van der Waals surface area contributed by atoms with Crippen molar-refractivity contribution in [2.24, 2.45) is 21.1 Å². The average Bonchev–Trinajstić information content (AvgIpc) is 2.90. The zero-order valence-electron chi connectivity index (χ0n) is 21.5. The van der Waals surface area contributed by atoms with E-state index in [1.54, 1.807) is 0 Å². The van der Waals surface area contributed by atoms with Crippen molar-refractivity contribution >= 4 is 52.8 Å². The number of para-hydroxylation sites is 3. The molecule has 3 aromatic carbocycles. The summed E-state index contributed by atoms with van der Waals surface area (Å²) in [5, 5.41) is 3.87. The van der Waals surface area contributed by atoms with Gasteiger partial charge < -0.3 is 0 Å². The molecule has 0 N–H and O–H groups in total. The van der Waals surface area contributed by atoms with Gasteiger partial charge in [-0.3, -0.25) is 0 Å². The number of hydrogen-bond acceptors (Lipinski definition) is 4. The van der Waals surface area contributed by atoms with E-state index in [9.17, 15) is 0 Å². The third-order valence-corrected chi connectivity index (χ3v) is 5.71. The van der Waals surface area contributed by atoms with E-state index >= 15 is 0 Å². The molecule has 0 aliphatic rings. The molecule has 0 bridgehead atoms. The van der Waals surface area contributed by atoms with Crippen LogP contribution in [0, 0.1) is 0 Å². The number of rotatable bonds is 0. The fourth-order valence-corrected chi connectivity index (χ4v) is 3.92. The number of benzene rings is 3. The van der Waals surface area contributed by atoms with Crippen LogP contribution in [0.2, 0.25) is 0 Å². The van der Waals surface area contributed by atoms with Crippen LogP contribution in [0.5, 0.6) is 0 Å². The quantitative estimate of drug-likeness (QED) is 0.187. The Bertz CT molecular complexity index is 1480. The molecule has 38 heavy (non-hydrogen) atoms. The number of aromatic nitrogens is 3. The molecule has 194 valence electrons. The van der Waals surface area contributed by atoms with Gasteiger partial charge in [0.15, 0.2) is 18.6 Å². The van der Waals surface area contributed by atoms with Gasteiger partial charge in [0, 0.05) is 52.6 Å². The molecule has 3 heterocycles. The summed E-state index contributed by atoms with van der Waals surface area (Å²) in [6.07, 6.45) is 6.17. The molecular weight excluding hydrogens is 588 g/mol. The summed E-state index contributed by atoms with van der Waals surface area (Å²) in [5.41, 5.74) is 3.82. The molecule has 7 nitrogen and oxygen atoms in total. The van der Waals surface area contributed by atoms with Gasteiger partial charge in [0.2, 0.25) is 16.6 Å². The molecule has 3 aromatic heterocycles. The first kappa shape index (κ1) is 29.0. The zero-order chi connectivity index (χ0) is 27.5. The van der Waals surface area contributed by atoms with Gasteiger partial charge in [0.05, 0.1) is 0 Å². The van der Waals surface area contributed by atoms with Crippen molar-refractivity contribution < 1.29 is 26.9 Å². The first-order valence-electron chi connectivity index (χ1n) is 11.9. The van der Waals surface area contributed by atoms with Gasteiger partial charge >= 0.3 is 33.2 Å². The van der Waals surface area contributed by atoms with Gasteiger partial charge in [-0.25, -0.2) is 13.7 Å². The van der Waals surface area contributed by atoms with Crippen LogP contribution in [-0.2, 0) is 24.2 Å². The molecule has 6 rings (SSSR count). The molecule has 0 amide bonds. The third kappa shape index (κ3) is 9.05. The molecule has 0 spiro atoms. The Hall–Kier alpha value is -3.61. The van der Waals surface area contributed by atoms with Crippen molar-refractivity contribution in [3.8, 4) is 0 Å². The van der Waals surface area contributed by atoms with Crippen LogP contribution in [-0.4, -0.2) is 20.1 Å². The Balaban J connectivity index is 0.000000145. The Labute approximate surface area is 227 Å². The van der Waals surface area contributed by atoms with E-state index < -0.39 is 20.1 Å². The molecule has 6 aromatic rings. The number of hydrogen-bond donors (Lipinski definition) is 0.